The van der Waals surface area contributed by atoms with Crippen molar-refractivity contribution in [1.82, 2.24) is 10.2 Å². The summed E-state index contributed by atoms with van der Waals surface area (Å²) in [6.45, 7) is 2.42. The minimum absolute atomic E-state index is 0.0539. The Morgan fingerprint density at radius 2 is 2.11 bits per heavy atom. The number of carbonyl (C=O) groups excluding carboxylic acids is 1. The van der Waals surface area contributed by atoms with Crippen molar-refractivity contribution < 1.29 is 14.3 Å². The van der Waals surface area contributed by atoms with Gasteiger partial charge < -0.3 is 14.8 Å². The van der Waals surface area contributed by atoms with Gasteiger partial charge in [0, 0.05) is 24.7 Å². The predicted octanol–water partition coefficient (Wildman–Crippen LogP) is 2.96. The minimum Gasteiger partial charge on any atom is -0.497 e. The molecule has 2 fully saturated rings. The molecule has 2 heterocycles. The molecule has 0 spiro atoms. The van der Waals surface area contributed by atoms with Gasteiger partial charge in [-0.05, 0) is 29.7 Å². The van der Waals surface area contributed by atoms with Gasteiger partial charge in [0.25, 0.3) is 0 Å². The van der Waals surface area contributed by atoms with Crippen LogP contribution in [0.3, 0.4) is 0 Å². The molecule has 4 rings (SSSR count). The van der Waals surface area contributed by atoms with Crippen LogP contribution < -0.4 is 10.1 Å². The van der Waals surface area contributed by atoms with Crippen LogP contribution in [0.1, 0.15) is 17.5 Å². The number of likely N-dealkylation sites (tertiary alicyclic amines) is 1. The quantitative estimate of drug-likeness (QED) is 0.877. The fourth-order valence-electron chi connectivity index (χ4n) is 4.08. The number of hydrogen-bond donors (Lipinski definition) is 1. The van der Waals surface area contributed by atoms with Gasteiger partial charge in [0.2, 0.25) is 5.91 Å². The molecule has 2 saturated heterocycles. The van der Waals surface area contributed by atoms with Crippen LogP contribution in [-0.2, 0) is 21.6 Å². The second-order valence-corrected chi connectivity index (χ2v) is 7.53. The third-order valence-electron chi connectivity index (χ3n) is 5.52. The second kappa shape index (κ2) is 7.50. The third-order valence-corrected chi connectivity index (χ3v) is 5.87. The Labute approximate surface area is 164 Å². The maximum Gasteiger partial charge on any atom is 0.246 e. The SMILES string of the molecule is COc1ccc(CN2CC[C@@]3(c4ccccc4)NC(=O)CO[C@@H]3C2)c(Cl)c1. The average Bonchev–Trinajstić information content (AvgIpc) is 2.70. The summed E-state index contributed by atoms with van der Waals surface area (Å²) in [5.41, 5.74) is 1.70. The van der Waals surface area contributed by atoms with Crippen molar-refractivity contribution in [3.63, 3.8) is 0 Å². The van der Waals surface area contributed by atoms with E-state index in [0.717, 1.165) is 42.9 Å². The van der Waals surface area contributed by atoms with Crippen LogP contribution in [0.5, 0.6) is 5.75 Å². The molecule has 2 atom stereocenters. The first kappa shape index (κ1) is 18.3. The first-order chi connectivity index (χ1) is 13.1. The number of methoxy groups -OCH3 is 1. The second-order valence-electron chi connectivity index (χ2n) is 7.13. The van der Waals surface area contributed by atoms with E-state index in [2.05, 4.69) is 22.3 Å². The van der Waals surface area contributed by atoms with Crippen LogP contribution in [0.4, 0.5) is 0 Å². The van der Waals surface area contributed by atoms with Crippen LogP contribution in [0.15, 0.2) is 48.5 Å². The number of nitrogens with zero attached hydrogens (tertiary/aromatic N) is 1. The van der Waals surface area contributed by atoms with Gasteiger partial charge in [-0.25, -0.2) is 0 Å². The predicted molar refractivity (Wildman–Crippen MR) is 104 cm³/mol. The maximum atomic E-state index is 12.1. The minimum atomic E-state index is -0.462. The highest BCUT2D eigenvalue weighted by Crippen LogP contribution is 2.37. The summed E-state index contributed by atoms with van der Waals surface area (Å²) in [6, 6.07) is 15.9. The lowest BCUT2D eigenvalue weighted by atomic mass is 9.77. The molecule has 0 aliphatic carbocycles. The molecule has 1 amide bonds. The number of piperidine rings is 1. The van der Waals surface area contributed by atoms with Crippen molar-refractivity contribution in [3.8, 4) is 5.75 Å². The Hall–Kier alpha value is -2.08. The van der Waals surface area contributed by atoms with Gasteiger partial charge in [-0.15, -0.1) is 0 Å². The summed E-state index contributed by atoms with van der Waals surface area (Å²) in [7, 11) is 1.63. The Morgan fingerprint density at radius 3 is 2.85 bits per heavy atom. The molecule has 6 heteroatoms. The number of rotatable bonds is 4. The Kier molecular flexibility index (Phi) is 5.08. The molecule has 2 aliphatic rings. The Morgan fingerprint density at radius 1 is 1.30 bits per heavy atom. The number of nitrogens with one attached hydrogen (secondary N) is 1. The fraction of sp³-hybridized carbons (Fsp3) is 0.381. The van der Waals surface area contributed by atoms with Crippen LogP contribution in [0.25, 0.3) is 0 Å². The first-order valence-electron chi connectivity index (χ1n) is 9.13. The van der Waals surface area contributed by atoms with Crippen LogP contribution in [0.2, 0.25) is 5.02 Å². The maximum absolute atomic E-state index is 12.1. The zero-order valence-electron chi connectivity index (χ0n) is 15.3. The molecule has 0 aromatic heterocycles. The van der Waals surface area contributed by atoms with Crippen molar-refractivity contribution in [3.05, 3.63) is 64.7 Å². The van der Waals surface area contributed by atoms with E-state index in [-0.39, 0.29) is 18.6 Å². The third kappa shape index (κ3) is 3.55. The zero-order valence-corrected chi connectivity index (χ0v) is 16.0. The van der Waals surface area contributed by atoms with Gasteiger partial charge in [-0.3, -0.25) is 9.69 Å². The standard InChI is InChI=1S/C21H23ClN2O3/c1-26-17-8-7-15(18(22)11-17)12-24-10-9-21(16-5-3-2-4-6-16)19(13-24)27-14-20(25)23-21/h2-8,11,19H,9-10,12-14H2,1H3,(H,23,25)/t19-,21+/m1/s1. The topological polar surface area (TPSA) is 50.8 Å². The van der Waals surface area contributed by atoms with Gasteiger partial charge in [0.05, 0.1) is 18.8 Å². The molecule has 2 aromatic carbocycles. The van der Waals surface area contributed by atoms with Gasteiger partial charge >= 0.3 is 0 Å². The lowest BCUT2D eigenvalue weighted by Gasteiger charge is -2.50. The number of carbonyl (C=O) groups is 1. The highest BCUT2D eigenvalue weighted by atomic mass is 35.5. The van der Waals surface area contributed by atoms with E-state index in [1.165, 1.54) is 0 Å². The average molecular weight is 387 g/mol. The molecule has 0 unspecified atom stereocenters. The molecule has 2 aliphatic heterocycles. The number of hydrogen-bond acceptors (Lipinski definition) is 4. The van der Waals surface area contributed by atoms with E-state index in [0.29, 0.717) is 5.02 Å². The molecule has 5 nitrogen and oxygen atoms in total. The van der Waals surface area contributed by atoms with E-state index in [4.69, 9.17) is 21.1 Å². The van der Waals surface area contributed by atoms with Crippen molar-refractivity contribution in [2.45, 2.75) is 24.6 Å². The van der Waals surface area contributed by atoms with Gasteiger partial charge in [-0.1, -0.05) is 48.0 Å². The van der Waals surface area contributed by atoms with Gasteiger partial charge in [-0.2, -0.15) is 0 Å². The molecule has 0 saturated carbocycles. The number of amides is 1. The van der Waals surface area contributed by atoms with Crippen LogP contribution in [-0.4, -0.2) is 43.7 Å². The summed E-state index contributed by atoms with van der Waals surface area (Å²) < 4.78 is 11.2. The molecule has 142 valence electrons. The number of ether oxygens (including phenoxy) is 2. The summed E-state index contributed by atoms with van der Waals surface area (Å²) in [4.78, 5) is 14.4. The van der Waals surface area contributed by atoms with Crippen LogP contribution >= 0.6 is 11.6 Å². The summed E-state index contributed by atoms with van der Waals surface area (Å²) in [6.07, 6.45) is 0.699. The van der Waals surface area contributed by atoms with Crippen molar-refractivity contribution in [2.24, 2.45) is 0 Å². The van der Waals surface area contributed by atoms with Gasteiger partial charge in [0.1, 0.15) is 12.4 Å². The van der Waals surface area contributed by atoms with Crippen molar-refractivity contribution in [1.29, 1.82) is 0 Å². The van der Waals surface area contributed by atoms with Crippen LogP contribution in [0, 0.1) is 0 Å². The van der Waals surface area contributed by atoms with E-state index in [9.17, 15) is 4.79 Å². The highest BCUT2D eigenvalue weighted by Gasteiger charge is 2.48. The highest BCUT2D eigenvalue weighted by molar-refractivity contribution is 6.31. The van der Waals surface area contributed by atoms with E-state index < -0.39 is 5.54 Å². The molecule has 27 heavy (non-hydrogen) atoms. The number of halogens is 1. The Bertz CT molecular complexity index is 829. The van der Waals surface area contributed by atoms with Crippen molar-refractivity contribution >= 4 is 17.5 Å². The lowest BCUT2D eigenvalue weighted by Crippen LogP contribution is -2.66. The molecular weight excluding hydrogens is 364 g/mol. The molecule has 0 bridgehead atoms. The number of morpholine rings is 1. The van der Waals surface area contributed by atoms with E-state index in [1.54, 1.807) is 7.11 Å². The molecule has 1 N–H and O–H groups in total. The molecular formula is C21H23ClN2O3. The lowest BCUT2D eigenvalue weighted by molar-refractivity contribution is -0.152. The van der Waals surface area contributed by atoms with E-state index >= 15 is 0 Å². The molecule has 0 radical (unpaired) electrons. The van der Waals surface area contributed by atoms with E-state index in [1.807, 2.05) is 36.4 Å². The normalized spacial score (nSPS) is 25.6. The van der Waals surface area contributed by atoms with Gasteiger partial charge in [0.15, 0.2) is 0 Å². The fourth-order valence-corrected chi connectivity index (χ4v) is 4.31. The largest absolute Gasteiger partial charge is 0.497 e. The Balaban J connectivity index is 1.54. The zero-order chi connectivity index (χ0) is 18.9. The molecule has 2 aromatic rings. The van der Waals surface area contributed by atoms with Crippen molar-refractivity contribution in [2.75, 3.05) is 26.8 Å². The number of fused-ring (bicyclic) bond motifs is 1. The summed E-state index contributed by atoms with van der Waals surface area (Å²) >= 11 is 6.41. The number of benzene rings is 2. The first-order valence-corrected chi connectivity index (χ1v) is 9.51. The monoisotopic (exact) mass is 386 g/mol. The summed E-state index contributed by atoms with van der Waals surface area (Å²) in [5.74, 6) is 0.700. The summed E-state index contributed by atoms with van der Waals surface area (Å²) in [5, 5.41) is 3.93. The smallest absolute Gasteiger partial charge is 0.246 e.